The molecule has 1 N–H and O–H groups in total. The van der Waals surface area contributed by atoms with Gasteiger partial charge >= 0.3 is 5.69 Å². The third kappa shape index (κ3) is 2.32. The van der Waals surface area contributed by atoms with E-state index in [-0.39, 0.29) is 5.69 Å². The number of fused-ring (bicyclic) bond motifs is 2. The van der Waals surface area contributed by atoms with Gasteiger partial charge in [-0.05, 0) is 12.1 Å². The largest absolute Gasteiger partial charge is 0.494 e. The molecule has 0 fully saturated rings. The molecule has 0 saturated carbocycles. The van der Waals surface area contributed by atoms with Crippen molar-refractivity contribution in [2.75, 3.05) is 13.7 Å². The summed E-state index contributed by atoms with van der Waals surface area (Å²) in [6.45, 7) is 2.56. The lowest BCUT2D eigenvalue weighted by atomic mass is 10.2. The molecule has 4 aromatic rings. The van der Waals surface area contributed by atoms with Gasteiger partial charge in [0.05, 0.1) is 36.1 Å². The Morgan fingerprint density at radius 1 is 1.14 bits per heavy atom. The van der Waals surface area contributed by atoms with Crippen LogP contribution in [0.4, 0.5) is 0 Å². The zero-order chi connectivity index (χ0) is 19.4. The molecule has 0 amide bonds. The molecule has 0 aliphatic carbocycles. The van der Waals surface area contributed by atoms with Gasteiger partial charge < -0.3 is 10.1 Å². The fraction of sp³-hybridized carbons (Fsp3) is 0.316. The Hall–Kier alpha value is -3.33. The number of hydrogen-bond donors (Lipinski definition) is 1. The first-order valence-corrected chi connectivity index (χ1v) is 9.13. The van der Waals surface area contributed by atoms with Crippen LogP contribution < -0.4 is 15.7 Å². The van der Waals surface area contributed by atoms with Crippen LogP contribution >= 0.6 is 0 Å². The zero-order valence-electron chi connectivity index (χ0n) is 16.0. The molecule has 9 nitrogen and oxygen atoms in total. The molecule has 1 aliphatic heterocycles. The average Bonchev–Trinajstić information content (AvgIpc) is 3.41. The second-order valence-electron chi connectivity index (χ2n) is 6.96. The Bertz CT molecular complexity index is 1230. The molecule has 0 radical (unpaired) electrons. The monoisotopic (exact) mass is 379 g/mol. The summed E-state index contributed by atoms with van der Waals surface area (Å²) in [6, 6.07) is 5.91. The topological polar surface area (TPSA) is 83.8 Å². The molecule has 144 valence electrons. The van der Waals surface area contributed by atoms with Gasteiger partial charge in [0.25, 0.3) is 0 Å². The standard InChI is InChI=1S/C19H21N7O2/c1-23-14-9-16(17(28-3)10-15(14)24(2)19(23)27)25-6-5-21-18(25)13-8-12-11-20-4-7-26(12)22-13/h5-6,8-10,20H,4,7,11H2,1-3H3. The first-order valence-electron chi connectivity index (χ1n) is 9.13. The molecule has 0 atom stereocenters. The molecule has 9 heteroatoms. The van der Waals surface area contributed by atoms with Gasteiger partial charge in [0.15, 0.2) is 5.82 Å². The summed E-state index contributed by atoms with van der Waals surface area (Å²) in [4.78, 5) is 16.9. The molecule has 0 spiro atoms. The van der Waals surface area contributed by atoms with Crippen molar-refractivity contribution in [1.29, 1.82) is 0 Å². The molecule has 0 bridgehead atoms. The maximum atomic E-state index is 12.3. The van der Waals surface area contributed by atoms with E-state index >= 15 is 0 Å². The lowest BCUT2D eigenvalue weighted by molar-refractivity contribution is 0.413. The Morgan fingerprint density at radius 2 is 1.93 bits per heavy atom. The first-order chi connectivity index (χ1) is 13.6. The number of imidazole rings is 2. The Kier molecular flexibility index (Phi) is 3.66. The highest BCUT2D eigenvalue weighted by Crippen LogP contribution is 2.31. The smallest absolute Gasteiger partial charge is 0.328 e. The number of hydrogen-bond acceptors (Lipinski definition) is 5. The highest BCUT2D eigenvalue weighted by Gasteiger charge is 2.20. The van der Waals surface area contributed by atoms with E-state index in [1.807, 2.05) is 27.6 Å². The number of aryl methyl sites for hydroxylation is 2. The molecule has 0 unspecified atom stereocenters. The Labute approximate surface area is 160 Å². The van der Waals surface area contributed by atoms with E-state index in [1.165, 1.54) is 0 Å². The maximum absolute atomic E-state index is 12.3. The van der Waals surface area contributed by atoms with Gasteiger partial charge in [0.1, 0.15) is 11.4 Å². The van der Waals surface area contributed by atoms with Crippen molar-refractivity contribution in [3.8, 4) is 23.0 Å². The molecular weight excluding hydrogens is 358 g/mol. The number of nitrogens with one attached hydrogen (secondary N) is 1. The van der Waals surface area contributed by atoms with Crippen LogP contribution in [-0.4, -0.2) is 42.1 Å². The highest BCUT2D eigenvalue weighted by molar-refractivity contribution is 5.82. The number of methoxy groups -OCH3 is 1. The number of aromatic nitrogens is 6. The second kappa shape index (κ2) is 6.10. The van der Waals surface area contributed by atoms with E-state index in [2.05, 4.69) is 16.4 Å². The van der Waals surface area contributed by atoms with Gasteiger partial charge in [-0.3, -0.25) is 18.4 Å². The van der Waals surface area contributed by atoms with E-state index in [4.69, 9.17) is 9.84 Å². The van der Waals surface area contributed by atoms with Crippen LogP contribution in [0.3, 0.4) is 0 Å². The van der Waals surface area contributed by atoms with Crippen molar-refractivity contribution >= 4 is 11.0 Å². The molecule has 4 heterocycles. The van der Waals surface area contributed by atoms with Crippen molar-refractivity contribution in [3.05, 3.63) is 46.8 Å². The summed E-state index contributed by atoms with van der Waals surface area (Å²) >= 11 is 0. The van der Waals surface area contributed by atoms with Crippen LogP contribution in [0.25, 0.3) is 28.2 Å². The predicted octanol–water partition coefficient (Wildman–Crippen LogP) is 1.04. The lowest BCUT2D eigenvalue weighted by Crippen LogP contribution is -2.28. The summed E-state index contributed by atoms with van der Waals surface area (Å²) in [5.74, 6) is 1.40. The number of nitrogens with zero attached hydrogens (tertiary/aromatic N) is 6. The van der Waals surface area contributed by atoms with Crippen molar-refractivity contribution in [3.63, 3.8) is 0 Å². The number of ether oxygens (including phenoxy) is 1. The van der Waals surface area contributed by atoms with Gasteiger partial charge in [0.2, 0.25) is 0 Å². The highest BCUT2D eigenvalue weighted by atomic mass is 16.5. The molecule has 1 aliphatic rings. The Balaban J connectivity index is 1.71. The summed E-state index contributed by atoms with van der Waals surface area (Å²) in [6.07, 6.45) is 3.64. The first kappa shape index (κ1) is 16.8. The van der Waals surface area contributed by atoms with Gasteiger partial charge in [-0.1, -0.05) is 0 Å². The molecule has 28 heavy (non-hydrogen) atoms. The lowest BCUT2D eigenvalue weighted by Gasteiger charge is -2.13. The van der Waals surface area contributed by atoms with Crippen molar-refractivity contribution in [2.24, 2.45) is 14.1 Å². The molecule has 3 aromatic heterocycles. The van der Waals surface area contributed by atoms with E-state index in [0.29, 0.717) is 5.75 Å². The van der Waals surface area contributed by atoms with Crippen molar-refractivity contribution in [1.82, 2.24) is 33.8 Å². The van der Waals surface area contributed by atoms with Crippen LogP contribution in [0.2, 0.25) is 0 Å². The van der Waals surface area contributed by atoms with Crippen LogP contribution in [0.1, 0.15) is 5.69 Å². The van der Waals surface area contributed by atoms with Crippen molar-refractivity contribution in [2.45, 2.75) is 13.1 Å². The minimum atomic E-state index is -0.0747. The fourth-order valence-corrected chi connectivity index (χ4v) is 3.86. The summed E-state index contributed by atoms with van der Waals surface area (Å²) in [5.41, 5.74) is 4.34. The number of benzene rings is 1. The van der Waals surface area contributed by atoms with Gasteiger partial charge in [0, 0.05) is 45.6 Å². The minimum absolute atomic E-state index is 0.0747. The number of rotatable bonds is 3. The average molecular weight is 379 g/mol. The second-order valence-corrected chi connectivity index (χ2v) is 6.96. The molecule has 5 rings (SSSR count). The van der Waals surface area contributed by atoms with Gasteiger partial charge in [-0.15, -0.1) is 0 Å². The summed E-state index contributed by atoms with van der Waals surface area (Å²) < 4.78 is 12.9. The van der Waals surface area contributed by atoms with Crippen LogP contribution in [0.15, 0.2) is 35.4 Å². The van der Waals surface area contributed by atoms with Crippen molar-refractivity contribution < 1.29 is 4.74 Å². The molecular formula is C19H21N7O2. The van der Waals surface area contributed by atoms with Gasteiger partial charge in [-0.25, -0.2) is 9.78 Å². The van der Waals surface area contributed by atoms with E-state index in [0.717, 1.165) is 53.6 Å². The zero-order valence-corrected chi connectivity index (χ0v) is 16.0. The normalized spacial score (nSPS) is 13.8. The van der Waals surface area contributed by atoms with E-state index in [1.54, 1.807) is 36.5 Å². The summed E-state index contributed by atoms with van der Waals surface area (Å²) in [7, 11) is 5.16. The summed E-state index contributed by atoms with van der Waals surface area (Å²) in [5, 5.41) is 8.08. The minimum Gasteiger partial charge on any atom is -0.494 e. The molecule has 0 saturated heterocycles. The van der Waals surface area contributed by atoms with E-state index in [9.17, 15) is 4.79 Å². The van der Waals surface area contributed by atoms with Crippen LogP contribution in [-0.2, 0) is 27.2 Å². The third-order valence-corrected chi connectivity index (χ3v) is 5.37. The third-order valence-electron chi connectivity index (χ3n) is 5.37. The van der Waals surface area contributed by atoms with Crippen LogP contribution in [0, 0.1) is 0 Å². The van der Waals surface area contributed by atoms with E-state index < -0.39 is 0 Å². The predicted molar refractivity (Wildman–Crippen MR) is 105 cm³/mol. The fourth-order valence-electron chi connectivity index (χ4n) is 3.86. The van der Waals surface area contributed by atoms with Gasteiger partial charge in [-0.2, -0.15) is 5.10 Å². The SMILES string of the molecule is COc1cc2c(cc1-n1ccnc1-c1cc3n(n1)CCNC3)n(C)c(=O)n2C. The maximum Gasteiger partial charge on any atom is 0.328 e. The molecule has 1 aromatic carbocycles. The quantitative estimate of drug-likeness (QED) is 0.575. The van der Waals surface area contributed by atoms with Crippen LogP contribution in [0.5, 0.6) is 5.75 Å². The Morgan fingerprint density at radius 3 is 2.68 bits per heavy atom.